The summed E-state index contributed by atoms with van der Waals surface area (Å²) in [4.78, 5) is 40.0. The lowest BCUT2D eigenvalue weighted by Crippen LogP contribution is -2.67. The van der Waals surface area contributed by atoms with Crippen LogP contribution in [0.1, 0.15) is 39.9 Å². The van der Waals surface area contributed by atoms with E-state index in [-0.39, 0.29) is 38.0 Å². The van der Waals surface area contributed by atoms with Crippen LogP contribution in [-0.2, 0) is 34.0 Å². The molecule has 8 nitrogen and oxygen atoms in total. The molecule has 12 heteroatoms. The van der Waals surface area contributed by atoms with E-state index in [1.54, 1.807) is 23.1 Å². The summed E-state index contributed by atoms with van der Waals surface area (Å²) in [6, 6.07) is 11.5. The fourth-order valence-corrected chi connectivity index (χ4v) is 4.92. The largest absolute Gasteiger partial charge is 0.489 e. The Labute approximate surface area is 221 Å². The number of nitrogens with one attached hydrogen (secondary N) is 1. The van der Waals surface area contributed by atoms with Crippen LogP contribution in [0.15, 0.2) is 42.5 Å². The van der Waals surface area contributed by atoms with E-state index in [0.717, 1.165) is 16.7 Å². The molecule has 0 aliphatic carbocycles. The number of carbonyl (C=O) groups excluding carboxylic acids is 3. The number of rotatable bonds is 6. The highest BCUT2D eigenvalue weighted by Crippen LogP contribution is 2.34. The first kappa shape index (κ1) is 25.7. The van der Waals surface area contributed by atoms with Crippen molar-refractivity contribution in [3.63, 3.8) is 0 Å². The first-order chi connectivity index (χ1) is 17.6. The Kier molecular flexibility index (Phi) is 6.98. The number of ether oxygens (including phenoxy) is 2. The Morgan fingerprint density at radius 1 is 1.05 bits per heavy atom. The molecular weight excluding hydrogens is 466 g/mol. The number of morpholine rings is 1. The van der Waals surface area contributed by atoms with Gasteiger partial charge in [0.05, 0.1) is 36.7 Å². The third-order valence-electron chi connectivity index (χ3n) is 7.11. The molecule has 0 saturated carbocycles. The molecule has 2 aromatic carbocycles. The van der Waals surface area contributed by atoms with Crippen molar-refractivity contribution >= 4 is 49.1 Å². The maximum atomic E-state index is 13.0. The molecule has 5 rings (SSSR count). The summed E-state index contributed by atoms with van der Waals surface area (Å²) in [6.45, 7) is 1.16. The van der Waals surface area contributed by atoms with Crippen molar-refractivity contribution in [1.82, 2.24) is 15.1 Å². The van der Waals surface area contributed by atoms with Crippen molar-refractivity contribution < 1.29 is 23.9 Å². The zero-order valence-corrected chi connectivity index (χ0v) is 20.3. The van der Waals surface area contributed by atoms with Crippen molar-refractivity contribution in [3.8, 4) is 5.75 Å². The Morgan fingerprint density at radius 3 is 2.51 bits per heavy atom. The normalized spacial score (nSPS) is 25.6. The van der Waals surface area contributed by atoms with Gasteiger partial charge in [-0.1, -0.05) is 30.3 Å². The van der Waals surface area contributed by atoms with Crippen LogP contribution in [0.3, 0.4) is 0 Å². The van der Waals surface area contributed by atoms with Gasteiger partial charge in [-0.25, -0.2) is 0 Å². The lowest BCUT2D eigenvalue weighted by atomic mass is 9.51. The van der Waals surface area contributed by atoms with E-state index in [4.69, 9.17) is 40.9 Å². The van der Waals surface area contributed by atoms with Gasteiger partial charge in [-0.3, -0.25) is 19.7 Å². The van der Waals surface area contributed by atoms with Crippen LogP contribution in [-0.4, -0.2) is 88.8 Å². The molecule has 0 spiro atoms. The van der Waals surface area contributed by atoms with Crippen LogP contribution in [0.5, 0.6) is 5.75 Å². The van der Waals surface area contributed by atoms with Gasteiger partial charge in [0.25, 0.3) is 5.91 Å². The molecule has 0 aromatic heterocycles. The lowest BCUT2D eigenvalue weighted by Gasteiger charge is -2.52. The molecule has 0 bridgehead atoms. The molecule has 3 heterocycles. The topological polar surface area (TPSA) is 88.2 Å². The summed E-state index contributed by atoms with van der Waals surface area (Å²) < 4.78 is 11.4. The van der Waals surface area contributed by atoms with Gasteiger partial charge >= 0.3 is 0 Å². The van der Waals surface area contributed by atoms with Crippen LogP contribution in [0.2, 0.25) is 0 Å². The second kappa shape index (κ2) is 10.1. The maximum absolute atomic E-state index is 13.0. The molecule has 2 aromatic rings. The van der Waals surface area contributed by atoms with Crippen molar-refractivity contribution in [2.45, 2.75) is 55.9 Å². The lowest BCUT2D eigenvalue weighted by molar-refractivity contribution is -0.136. The summed E-state index contributed by atoms with van der Waals surface area (Å²) in [5.74, 6) is -0.908. The van der Waals surface area contributed by atoms with Crippen LogP contribution >= 0.6 is 0 Å². The standard InChI is InChI=1S/C25H23B4N3O5/c26-20-13-37-24(27)25(28,29)32(20)10-14-4-6-15(7-5-14)12-36-19-3-1-2-16-17(19)11-31(23(16)35)18-8-9-21(33)30-22(18)34/h1-7,18,20,24H,8-13H2,(H,30,33,34). The molecule has 2 fully saturated rings. The summed E-state index contributed by atoms with van der Waals surface area (Å²) >= 11 is 0. The van der Waals surface area contributed by atoms with Gasteiger partial charge in [-0.15, -0.1) is 0 Å². The highest BCUT2D eigenvalue weighted by Gasteiger charge is 2.40. The molecule has 3 aliphatic heterocycles. The number of piperidine rings is 1. The second-order valence-electron chi connectivity index (χ2n) is 9.62. The molecule has 3 atom stereocenters. The monoisotopic (exact) mass is 489 g/mol. The minimum absolute atomic E-state index is 0.206. The van der Waals surface area contributed by atoms with Gasteiger partial charge < -0.3 is 19.3 Å². The highest BCUT2D eigenvalue weighted by molar-refractivity contribution is 6.44. The SMILES string of the molecule is [B]C1COC([B])C([B])([B])N1Cc1ccc(COc2cccc3c2CN(C2CCC(=O)NC2=O)C3=O)cc1. The Morgan fingerprint density at radius 2 is 1.78 bits per heavy atom. The fourth-order valence-electron chi connectivity index (χ4n) is 4.92. The molecule has 2 saturated heterocycles. The molecule has 1 N–H and O–H groups in total. The summed E-state index contributed by atoms with van der Waals surface area (Å²) in [6.07, 6.45) is 0.515. The number of imide groups is 1. The molecule has 37 heavy (non-hydrogen) atoms. The third kappa shape index (κ3) is 4.97. The number of amides is 3. The van der Waals surface area contributed by atoms with Crippen LogP contribution < -0.4 is 10.1 Å². The molecule has 3 amide bonds. The number of hydrogen-bond acceptors (Lipinski definition) is 6. The second-order valence-corrected chi connectivity index (χ2v) is 9.62. The fraction of sp³-hybridized carbons (Fsp3) is 0.400. The van der Waals surface area contributed by atoms with Crippen LogP contribution in [0.4, 0.5) is 0 Å². The molecule has 180 valence electrons. The number of carbonyl (C=O) groups is 3. The number of benzene rings is 2. The van der Waals surface area contributed by atoms with E-state index < -0.39 is 29.2 Å². The maximum Gasteiger partial charge on any atom is 0.255 e. The van der Waals surface area contributed by atoms with Crippen molar-refractivity contribution in [1.29, 1.82) is 0 Å². The quantitative estimate of drug-likeness (QED) is 0.449. The van der Waals surface area contributed by atoms with Crippen molar-refractivity contribution in [3.05, 3.63) is 64.7 Å². The van der Waals surface area contributed by atoms with Gasteiger partial charge in [-0.05, 0) is 41.0 Å². The van der Waals surface area contributed by atoms with Crippen molar-refractivity contribution in [2.75, 3.05) is 6.61 Å². The van der Waals surface area contributed by atoms with E-state index in [9.17, 15) is 14.4 Å². The van der Waals surface area contributed by atoms with E-state index in [1.807, 2.05) is 24.3 Å². The average Bonchev–Trinajstić information content (AvgIpc) is 3.20. The number of fused-ring (bicyclic) bond motifs is 1. The summed E-state index contributed by atoms with van der Waals surface area (Å²) in [7, 11) is 24.4. The predicted molar refractivity (Wildman–Crippen MR) is 138 cm³/mol. The van der Waals surface area contributed by atoms with Gasteiger partial charge in [0.2, 0.25) is 11.8 Å². The third-order valence-corrected chi connectivity index (χ3v) is 7.11. The van der Waals surface area contributed by atoms with Gasteiger partial charge in [-0.2, -0.15) is 0 Å². The smallest absolute Gasteiger partial charge is 0.255 e. The van der Waals surface area contributed by atoms with Crippen LogP contribution in [0, 0.1) is 0 Å². The van der Waals surface area contributed by atoms with E-state index >= 15 is 0 Å². The van der Waals surface area contributed by atoms with Crippen LogP contribution in [0.25, 0.3) is 0 Å². The molecule has 3 unspecified atom stereocenters. The first-order valence-corrected chi connectivity index (χ1v) is 12.1. The number of nitrogens with zero attached hydrogens (tertiary/aromatic N) is 2. The van der Waals surface area contributed by atoms with E-state index in [1.165, 1.54) is 4.90 Å². The average molecular weight is 489 g/mol. The Balaban J connectivity index is 1.24. The highest BCUT2D eigenvalue weighted by atomic mass is 16.5. The minimum Gasteiger partial charge on any atom is -0.489 e. The molecule has 3 aliphatic rings. The minimum atomic E-state index is -1.40. The van der Waals surface area contributed by atoms with E-state index in [0.29, 0.717) is 24.3 Å². The van der Waals surface area contributed by atoms with Gasteiger partial charge in [0, 0.05) is 30.1 Å². The molecular formula is C25H23B4N3O5. The van der Waals surface area contributed by atoms with Gasteiger partial charge in [0.1, 0.15) is 26.2 Å². The number of hydrogen-bond donors (Lipinski definition) is 1. The summed E-state index contributed by atoms with van der Waals surface area (Å²) in [5, 5.41) is 0.918. The van der Waals surface area contributed by atoms with Crippen molar-refractivity contribution in [2.24, 2.45) is 0 Å². The zero-order valence-electron chi connectivity index (χ0n) is 20.3. The van der Waals surface area contributed by atoms with E-state index in [2.05, 4.69) is 5.32 Å². The zero-order chi connectivity index (χ0) is 26.3. The Bertz CT molecular complexity index is 1230. The summed E-state index contributed by atoms with van der Waals surface area (Å²) in [5.41, 5.74) is 3.10. The first-order valence-electron chi connectivity index (χ1n) is 12.1. The Hall–Kier alpha value is -2.97. The van der Waals surface area contributed by atoms with Gasteiger partial charge in [0.15, 0.2) is 0 Å². The predicted octanol–water partition coefficient (Wildman–Crippen LogP) is -0.161. The molecule has 8 radical (unpaired) electrons.